The highest BCUT2D eigenvalue weighted by Crippen LogP contribution is 2.15. The number of hydrogen-bond acceptors (Lipinski definition) is 5. The Morgan fingerprint density at radius 2 is 1.90 bits per heavy atom. The standard InChI is InChI=1S/C15H32N2O3/c1-13(2)17(11-12-19-5)10-8-7-9-15(3,16-4)14(18)20-6/h13,16H,7-12H2,1-6H3. The van der Waals surface area contributed by atoms with Crippen molar-refractivity contribution in [1.29, 1.82) is 0 Å². The molecule has 0 fully saturated rings. The molecule has 0 aromatic carbocycles. The van der Waals surface area contributed by atoms with Gasteiger partial charge < -0.3 is 14.8 Å². The van der Waals surface area contributed by atoms with Crippen molar-refractivity contribution in [3.05, 3.63) is 0 Å². The maximum Gasteiger partial charge on any atom is 0.325 e. The van der Waals surface area contributed by atoms with Gasteiger partial charge in [-0.15, -0.1) is 0 Å². The molecule has 0 rings (SSSR count). The van der Waals surface area contributed by atoms with E-state index in [4.69, 9.17) is 9.47 Å². The van der Waals surface area contributed by atoms with Crippen LogP contribution in [0.1, 0.15) is 40.0 Å². The lowest BCUT2D eigenvalue weighted by Gasteiger charge is -2.28. The second kappa shape index (κ2) is 10.1. The molecule has 120 valence electrons. The van der Waals surface area contributed by atoms with Crippen LogP contribution in [-0.2, 0) is 14.3 Å². The summed E-state index contributed by atoms with van der Waals surface area (Å²) in [5, 5.41) is 3.07. The van der Waals surface area contributed by atoms with Crippen molar-refractivity contribution in [1.82, 2.24) is 10.2 Å². The molecule has 1 atom stereocenters. The van der Waals surface area contributed by atoms with Gasteiger partial charge in [-0.05, 0) is 53.6 Å². The molecule has 0 saturated carbocycles. The van der Waals surface area contributed by atoms with Crippen molar-refractivity contribution in [2.24, 2.45) is 0 Å². The number of nitrogens with one attached hydrogen (secondary N) is 1. The van der Waals surface area contributed by atoms with Gasteiger partial charge >= 0.3 is 5.97 Å². The predicted octanol–water partition coefficient (Wildman–Crippen LogP) is 1.66. The van der Waals surface area contributed by atoms with Crippen molar-refractivity contribution in [2.75, 3.05) is 41.0 Å². The minimum atomic E-state index is -0.579. The Kier molecular flexibility index (Phi) is 9.80. The maximum atomic E-state index is 11.7. The van der Waals surface area contributed by atoms with Gasteiger partial charge in [-0.25, -0.2) is 0 Å². The van der Waals surface area contributed by atoms with E-state index in [9.17, 15) is 4.79 Å². The molecule has 0 aliphatic rings. The fourth-order valence-corrected chi connectivity index (χ4v) is 2.18. The Hall–Kier alpha value is -0.650. The van der Waals surface area contributed by atoms with Crippen molar-refractivity contribution in [3.8, 4) is 0 Å². The Bertz CT molecular complexity index is 272. The average Bonchev–Trinajstić information content (AvgIpc) is 2.44. The van der Waals surface area contributed by atoms with Crippen LogP contribution in [0.2, 0.25) is 0 Å². The molecule has 5 heteroatoms. The van der Waals surface area contributed by atoms with Gasteiger partial charge in [-0.3, -0.25) is 9.69 Å². The fraction of sp³-hybridized carbons (Fsp3) is 0.933. The van der Waals surface area contributed by atoms with Crippen molar-refractivity contribution in [3.63, 3.8) is 0 Å². The van der Waals surface area contributed by atoms with E-state index in [0.29, 0.717) is 6.04 Å². The predicted molar refractivity (Wildman–Crippen MR) is 81.9 cm³/mol. The number of carbonyl (C=O) groups is 1. The highest BCUT2D eigenvalue weighted by Gasteiger charge is 2.31. The number of rotatable bonds is 11. The van der Waals surface area contributed by atoms with Crippen LogP contribution in [0.15, 0.2) is 0 Å². The number of ether oxygens (including phenoxy) is 2. The number of methoxy groups -OCH3 is 2. The molecule has 0 aliphatic heterocycles. The van der Waals surface area contributed by atoms with Crippen molar-refractivity contribution in [2.45, 2.75) is 51.6 Å². The summed E-state index contributed by atoms with van der Waals surface area (Å²) >= 11 is 0. The van der Waals surface area contributed by atoms with Gasteiger partial charge in [0.05, 0.1) is 13.7 Å². The number of esters is 1. The molecule has 0 heterocycles. The first-order valence-electron chi connectivity index (χ1n) is 7.41. The Morgan fingerprint density at radius 3 is 2.35 bits per heavy atom. The average molecular weight is 288 g/mol. The molecule has 0 bridgehead atoms. The smallest absolute Gasteiger partial charge is 0.325 e. The molecular formula is C15H32N2O3. The summed E-state index contributed by atoms with van der Waals surface area (Å²) in [5.41, 5.74) is -0.579. The third-order valence-corrected chi connectivity index (χ3v) is 3.87. The van der Waals surface area contributed by atoms with E-state index >= 15 is 0 Å². The van der Waals surface area contributed by atoms with Crippen LogP contribution >= 0.6 is 0 Å². The van der Waals surface area contributed by atoms with Gasteiger partial charge in [0.2, 0.25) is 0 Å². The molecule has 0 aliphatic carbocycles. The summed E-state index contributed by atoms with van der Waals surface area (Å²) < 4.78 is 9.98. The molecular weight excluding hydrogens is 256 g/mol. The van der Waals surface area contributed by atoms with Gasteiger partial charge in [0.1, 0.15) is 5.54 Å². The largest absolute Gasteiger partial charge is 0.468 e. The zero-order chi connectivity index (χ0) is 15.6. The topological polar surface area (TPSA) is 50.8 Å². The molecule has 0 aromatic rings. The van der Waals surface area contributed by atoms with Crippen molar-refractivity contribution < 1.29 is 14.3 Å². The molecule has 20 heavy (non-hydrogen) atoms. The lowest BCUT2D eigenvalue weighted by molar-refractivity contribution is -0.148. The molecule has 1 unspecified atom stereocenters. The van der Waals surface area contributed by atoms with E-state index in [-0.39, 0.29) is 5.97 Å². The van der Waals surface area contributed by atoms with E-state index in [1.165, 1.54) is 7.11 Å². The summed E-state index contributed by atoms with van der Waals surface area (Å²) in [6, 6.07) is 0.515. The third kappa shape index (κ3) is 6.68. The summed E-state index contributed by atoms with van der Waals surface area (Å²) in [7, 11) is 4.96. The second-order valence-electron chi connectivity index (χ2n) is 5.65. The molecule has 0 saturated heterocycles. The highest BCUT2D eigenvalue weighted by atomic mass is 16.5. The van der Waals surface area contributed by atoms with Crippen LogP contribution in [0.5, 0.6) is 0 Å². The SMILES string of the molecule is CNC(C)(CCCCN(CCOC)C(C)C)C(=O)OC. The number of carbonyl (C=O) groups excluding carboxylic acids is 1. The second-order valence-corrected chi connectivity index (χ2v) is 5.65. The molecule has 0 radical (unpaired) electrons. The first kappa shape index (κ1) is 19.4. The van der Waals surface area contributed by atoms with E-state index in [1.807, 2.05) is 6.92 Å². The summed E-state index contributed by atoms with van der Waals surface area (Å²) in [6.45, 7) is 9.03. The zero-order valence-electron chi connectivity index (χ0n) is 14.0. The molecule has 0 spiro atoms. The van der Waals surface area contributed by atoms with Gasteiger partial charge in [0.25, 0.3) is 0 Å². The molecule has 1 N–H and O–H groups in total. The third-order valence-electron chi connectivity index (χ3n) is 3.87. The monoisotopic (exact) mass is 288 g/mol. The number of hydrogen-bond donors (Lipinski definition) is 1. The minimum absolute atomic E-state index is 0.194. The van der Waals surface area contributed by atoms with Gasteiger partial charge in [0.15, 0.2) is 0 Å². The summed E-state index contributed by atoms with van der Waals surface area (Å²) in [4.78, 5) is 14.1. The number of likely N-dealkylation sites (N-methyl/N-ethyl adjacent to an activating group) is 1. The minimum Gasteiger partial charge on any atom is -0.468 e. The van der Waals surface area contributed by atoms with Crippen LogP contribution < -0.4 is 5.32 Å². The zero-order valence-corrected chi connectivity index (χ0v) is 14.0. The maximum absolute atomic E-state index is 11.7. The molecule has 5 nitrogen and oxygen atoms in total. The Labute approximate surface area is 124 Å². The van der Waals surface area contributed by atoms with E-state index < -0.39 is 5.54 Å². The summed E-state index contributed by atoms with van der Waals surface area (Å²) in [5.74, 6) is -0.194. The first-order chi connectivity index (χ1) is 9.41. The van der Waals surface area contributed by atoms with Gasteiger partial charge in [0, 0.05) is 19.7 Å². The first-order valence-corrected chi connectivity index (χ1v) is 7.41. The van der Waals surface area contributed by atoms with E-state index in [0.717, 1.165) is 39.0 Å². The van der Waals surface area contributed by atoms with Gasteiger partial charge in [-0.1, -0.05) is 0 Å². The molecule has 0 amide bonds. The van der Waals surface area contributed by atoms with Gasteiger partial charge in [-0.2, -0.15) is 0 Å². The van der Waals surface area contributed by atoms with Crippen LogP contribution in [0.4, 0.5) is 0 Å². The summed E-state index contributed by atoms with van der Waals surface area (Å²) in [6.07, 6.45) is 2.84. The highest BCUT2D eigenvalue weighted by molar-refractivity contribution is 5.80. The normalized spacial score (nSPS) is 14.6. The van der Waals surface area contributed by atoms with Crippen LogP contribution in [0.3, 0.4) is 0 Å². The quantitative estimate of drug-likeness (QED) is 0.463. The van der Waals surface area contributed by atoms with E-state index in [1.54, 1.807) is 14.2 Å². The number of unbranched alkanes of at least 4 members (excludes halogenated alkanes) is 1. The fourth-order valence-electron chi connectivity index (χ4n) is 2.18. The van der Waals surface area contributed by atoms with E-state index in [2.05, 4.69) is 24.1 Å². The lowest BCUT2D eigenvalue weighted by Crippen LogP contribution is -2.48. The Morgan fingerprint density at radius 1 is 1.25 bits per heavy atom. The van der Waals surface area contributed by atoms with Crippen LogP contribution in [-0.4, -0.2) is 63.4 Å². The van der Waals surface area contributed by atoms with Crippen LogP contribution in [0, 0.1) is 0 Å². The number of nitrogens with zero attached hydrogens (tertiary/aromatic N) is 1. The van der Waals surface area contributed by atoms with Crippen molar-refractivity contribution >= 4 is 5.97 Å². The molecule has 0 aromatic heterocycles. The Balaban J connectivity index is 4.11. The van der Waals surface area contributed by atoms with Crippen LogP contribution in [0.25, 0.3) is 0 Å². The lowest BCUT2D eigenvalue weighted by atomic mass is 9.95.